The molecule has 1 unspecified atom stereocenters. The highest BCUT2D eigenvalue weighted by Gasteiger charge is 2.28. The Bertz CT molecular complexity index is 515. The first-order valence-electron chi connectivity index (χ1n) is 6.52. The smallest absolute Gasteiger partial charge is 0.185 e. The molecule has 0 saturated heterocycles. The van der Waals surface area contributed by atoms with Crippen LogP contribution in [0.5, 0.6) is 0 Å². The molecule has 0 saturated carbocycles. The molecule has 4 heteroatoms. The first-order chi connectivity index (χ1) is 8.93. The number of aliphatic hydroxyl groups excluding tert-OH is 1. The number of hydrogen-bond donors (Lipinski definition) is 1. The van der Waals surface area contributed by atoms with Crippen LogP contribution in [0.3, 0.4) is 0 Å². The largest absolute Gasteiger partial charge is 0.392 e. The Labute approximate surface area is 115 Å². The van der Waals surface area contributed by atoms with E-state index >= 15 is 0 Å². The molecule has 1 N–H and O–H groups in total. The minimum absolute atomic E-state index is 0.292. The maximum absolute atomic E-state index is 12.6. The van der Waals surface area contributed by atoms with Gasteiger partial charge in [0.05, 0.1) is 16.8 Å². The molecule has 0 aliphatic carbocycles. The van der Waals surface area contributed by atoms with Gasteiger partial charge in [-0.1, -0.05) is 44.0 Å². The van der Waals surface area contributed by atoms with E-state index in [9.17, 15) is 13.5 Å². The number of aryl methyl sites for hydroxylation is 1. The fourth-order valence-corrected chi connectivity index (χ4v) is 3.80. The molecule has 0 aliphatic rings. The summed E-state index contributed by atoms with van der Waals surface area (Å²) in [5.74, 6) is 0. The van der Waals surface area contributed by atoms with Crippen molar-refractivity contribution in [2.75, 3.05) is 6.61 Å². The van der Waals surface area contributed by atoms with E-state index in [0.29, 0.717) is 16.9 Å². The molecule has 0 aliphatic heterocycles. The van der Waals surface area contributed by atoms with Crippen molar-refractivity contribution in [3.05, 3.63) is 42.0 Å². The first-order valence-corrected chi connectivity index (χ1v) is 8.07. The quantitative estimate of drug-likeness (QED) is 0.782. The summed E-state index contributed by atoms with van der Waals surface area (Å²) >= 11 is 0. The average Bonchev–Trinajstić information content (AvgIpc) is 2.39. The van der Waals surface area contributed by atoms with E-state index in [1.54, 1.807) is 24.3 Å². The minimum atomic E-state index is -3.46. The fraction of sp³-hybridized carbons (Fsp3) is 0.467. The molecular weight excluding hydrogens is 260 g/mol. The van der Waals surface area contributed by atoms with Gasteiger partial charge in [0.1, 0.15) is 0 Å². The molecule has 106 valence electrons. The average molecular weight is 282 g/mol. The second-order valence-electron chi connectivity index (χ2n) is 4.81. The maximum atomic E-state index is 12.6. The van der Waals surface area contributed by atoms with Crippen molar-refractivity contribution in [2.24, 2.45) is 0 Å². The van der Waals surface area contributed by atoms with Gasteiger partial charge in [-0.05, 0) is 31.1 Å². The summed E-state index contributed by atoms with van der Waals surface area (Å²) in [6.07, 6.45) is 2.22. The zero-order valence-electron chi connectivity index (χ0n) is 11.6. The summed E-state index contributed by atoms with van der Waals surface area (Å²) in [5.41, 5.74) is 1.39. The van der Waals surface area contributed by atoms with Crippen LogP contribution in [0, 0.1) is 6.92 Å². The predicted molar refractivity (Wildman–Crippen MR) is 77.9 cm³/mol. The minimum Gasteiger partial charge on any atom is -0.392 e. The van der Waals surface area contributed by atoms with Gasteiger partial charge >= 0.3 is 0 Å². The van der Waals surface area contributed by atoms with Gasteiger partial charge in [0.2, 0.25) is 0 Å². The summed E-state index contributed by atoms with van der Waals surface area (Å²) in [6, 6.07) is 6.81. The third-order valence-corrected chi connectivity index (χ3v) is 5.45. The summed E-state index contributed by atoms with van der Waals surface area (Å²) in [7, 11) is -3.46. The summed E-state index contributed by atoms with van der Waals surface area (Å²) in [5, 5.41) is 8.50. The molecule has 0 spiro atoms. The van der Waals surface area contributed by atoms with E-state index < -0.39 is 15.1 Å². The molecule has 0 bridgehead atoms. The maximum Gasteiger partial charge on any atom is 0.185 e. The van der Waals surface area contributed by atoms with Crippen molar-refractivity contribution in [3.8, 4) is 0 Å². The lowest BCUT2D eigenvalue weighted by Crippen LogP contribution is -2.25. The zero-order valence-corrected chi connectivity index (χ0v) is 12.4. The highest BCUT2D eigenvalue weighted by atomic mass is 32.2. The molecule has 0 amide bonds. The number of benzene rings is 1. The Morgan fingerprint density at radius 2 is 1.89 bits per heavy atom. The third kappa shape index (κ3) is 3.91. The van der Waals surface area contributed by atoms with Gasteiger partial charge in [-0.15, -0.1) is 0 Å². The number of rotatable bonds is 7. The molecule has 19 heavy (non-hydrogen) atoms. The Balaban J connectivity index is 3.11. The van der Waals surface area contributed by atoms with Crippen LogP contribution in [0.15, 0.2) is 41.3 Å². The Kier molecular flexibility index (Phi) is 5.76. The standard InChI is InChI=1S/C15H22O3S/c1-4-5-6-15(13(3)11-16)19(17,18)14-9-7-12(2)8-10-14/h7-10,15-16H,3-6,11H2,1-2H3. The lowest BCUT2D eigenvalue weighted by molar-refractivity contribution is 0.326. The van der Waals surface area contributed by atoms with Crippen molar-refractivity contribution in [1.82, 2.24) is 0 Å². The predicted octanol–water partition coefficient (Wildman–Crippen LogP) is 2.88. The number of aliphatic hydroxyl groups is 1. The van der Waals surface area contributed by atoms with E-state index in [1.165, 1.54) is 0 Å². The van der Waals surface area contributed by atoms with Crippen LogP contribution in [0.4, 0.5) is 0 Å². The van der Waals surface area contributed by atoms with Crippen molar-refractivity contribution < 1.29 is 13.5 Å². The van der Waals surface area contributed by atoms with E-state index in [2.05, 4.69) is 6.58 Å². The second-order valence-corrected chi connectivity index (χ2v) is 6.94. The van der Waals surface area contributed by atoms with E-state index in [4.69, 9.17) is 0 Å². The van der Waals surface area contributed by atoms with Crippen LogP contribution >= 0.6 is 0 Å². The number of hydrogen-bond acceptors (Lipinski definition) is 3. The molecular formula is C15H22O3S. The SMILES string of the molecule is C=C(CO)C(CCCC)S(=O)(=O)c1ccc(C)cc1. The van der Waals surface area contributed by atoms with E-state index in [1.807, 2.05) is 13.8 Å². The molecule has 0 heterocycles. The summed E-state index contributed by atoms with van der Waals surface area (Å²) < 4.78 is 25.2. The highest BCUT2D eigenvalue weighted by molar-refractivity contribution is 7.92. The number of sulfone groups is 1. The van der Waals surface area contributed by atoms with Crippen molar-refractivity contribution in [3.63, 3.8) is 0 Å². The van der Waals surface area contributed by atoms with Crippen LogP contribution in [0.1, 0.15) is 31.7 Å². The van der Waals surface area contributed by atoms with Gasteiger partial charge in [-0.3, -0.25) is 0 Å². The Morgan fingerprint density at radius 3 is 2.37 bits per heavy atom. The highest BCUT2D eigenvalue weighted by Crippen LogP contribution is 2.25. The number of unbranched alkanes of at least 4 members (excludes halogenated alkanes) is 1. The fourth-order valence-electron chi connectivity index (χ4n) is 1.96. The van der Waals surface area contributed by atoms with Gasteiger partial charge in [0.15, 0.2) is 9.84 Å². The van der Waals surface area contributed by atoms with Crippen molar-refractivity contribution in [2.45, 2.75) is 43.3 Å². The van der Waals surface area contributed by atoms with Gasteiger partial charge in [0, 0.05) is 0 Å². The third-order valence-electron chi connectivity index (χ3n) is 3.20. The lowest BCUT2D eigenvalue weighted by atomic mass is 10.1. The molecule has 1 aromatic rings. The van der Waals surface area contributed by atoms with Gasteiger partial charge < -0.3 is 5.11 Å². The monoisotopic (exact) mass is 282 g/mol. The lowest BCUT2D eigenvalue weighted by Gasteiger charge is -2.19. The molecule has 1 atom stereocenters. The van der Waals surface area contributed by atoms with Gasteiger partial charge in [-0.2, -0.15) is 0 Å². The van der Waals surface area contributed by atoms with Crippen LogP contribution in [0.25, 0.3) is 0 Å². The Hall–Kier alpha value is -1.13. The topological polar surface area (TPSA) is 54.4 Å². The Morgan fingerprint density at radius 1 is 1.32 bits per heavy atom. The van der Waals surface area contributed by atoms with Crippen molar-refractivity contribution >= 4 is 9.84 Å². The van der Waals surface area contributed by atoms with Crippen molar-refractivity contribution in [1.29, 1.82) is 0 Å². The summed E-state index contributed by atoms with van der Waals surface area (Å²) in [4.78, 5) is 0.300. The summed E-state index contributed by atoms with van der Waals surface area (Å²) in [6.45, 7) is 7.34. The second kappa shape index (κ2) is 6.87. The van der Waals surface area contributed by atoms with Gasteiger partial charge in [-0.25, -0.2) is 8.42 Å². The molecule has 0 fully saturated rings. The molecule has 1 aromatic carbocycles. The van der Waals surface area contributed by atoms with Crippen LogP contribution < -0.4 is 0 Å². The first kappa shape index (κ1) is 15.9. The van der Waals surface area contributed by atoms with Crippen LogP contribution in [-0.2, 0) is 9.84 Å². The van der Waals surface area contributed by atoms with Crippen LogP contribution in [-0.4, -0.2) is 25.4 Å². The van der Waals surface area contributed by atoms with E-state index in [-0.39, 0.29) is 6.61 Å². The van der Waals surface area contributed by atoms with Crippen LogP contribution in [0.2, 0.25) is 0 Å². The molecule has 0 radical (unpaired) electrons. The van der Waals surface area contributed by atoms with E-state index in [0.717, 1.165) is 18.4 Å². The zero-order chi connectivity index (χ0) is 14.5. The molecule has 0 aromatic heterocycles. The molecule has 3 nitrogen and oxygen atoms in total. The molecule has 1 rings (SSSR count). The normalized spacial score (nSPS) is 13.2. The van der Waals surface area contributed by atoms with Gasteiger partial charge in [0.25, 0.3) is 0 Å².